The third kappa shape index (κ3) is 4.93. The molecule has 130 valence electrons. The van der Waals surface area contributed by atoms with Crippen LogP contribution in [0.4, 0.5) is 0 Å². The zero-order chi connectivity index (χ0) is 17.6. The van der Waals surface area contributed by atoms with Crippen LogP contribution < -0.4 is 0 Å². The maximum absolute atomic E-state index is 6.62. The van der Waals surface area contributed by atoms with Crippen molar-refractivity contribution in [2.24, 2.45) is 10.4 Å². The Balaban J connectivity index is 3.00. The van der Waals surface area contributed by atoms with Gasteiger partial charge in [-0.1, -0.05) is 62.3 Å². The van der Waals surface area contributed by atoms with Gasteiger partial charge in [0.25, 0.3) is 0 Å². The van der Waals surface area contributed by atoms with Crippen molar-refractivity contribution in [1.82, 2.24) is 0 Å². The van der Waals surface area contributed by atoms with Crippen molar-refractivity contribution in [3.63, 3.8) is 0 Å². The van der Waals surface area contributed by atoms with E-state index < -0.39 is 13.7 Å². The van der Waals surface area contributed by atoms with Gasteiger partial charge in [0, 0.05) is 18.5 Å². The van der Waals surface area contributed by atoms with E-state index in [2.05, 4.69) is 76.2 Å². The average Bonchev–Trinajstić information content (AvgIpc) is 2.72. The van der Waals surface area contributed by atoms with Gasteiger partial charge in [0.2, 0.25) is 5.90 Å². The van der Waals surface area contributed by atoms with Crippen LogP contribution in [0, 0.1) is 5.41 Å². The summed E-state index contributed by atoms with van der Waals surface area (Å²) in [5.74, 6) is 0.758. The van der Waals surface area contributed by atoms with Crippen LogP contribution in [-0.4, -0.2) is 34.5 Å². The topological polar surface area (TPSA) is 30.8 Å². The van der Waals surface area contributed by atoms with Gasteiger partial charge in [-0.25, -0.2) is 4.99 Å². The fraction of sp³-hybridized carbons (Fsp3) is 0.944. The second kappa shape index (κ2) is 6.06. The molecule has 1 heterocycles. The maximum atomic E-state index is 6.62. The zero-order valence-electron chi connectivity index (χ0n) is 16.5. The Bertz CT molecular complexity index is 408. The molecule has 1 aliphatic heterocycles. The number of aliphatic imine (C=N–C) groups is 1. The predicted molar refractivity (Wildman–Crippen MR) is 98.2 cm³/mol. The molecule has 0 spiro atoms. The van der Waals surface area contributed by atoms with Gasteiger partial charge in [0.05, 0.1) is 6.04 Å². The molecule has 1 aliphatic rings. The Labute approximate surface area is 139 Å². The van der Waals surface area contributed by atoms with Gasteiger partial charge < -0.3 is 9.26 Å². The molecular formula is C18H36NO2P. The first-order valence-corrected chi connectivity index (χ1v) is 9.52. The monoisotopic (exact) mass is 329 g/mol. The van der Waals surface area contributed by atoms with E-state index in [1.54, 1.807) is 0 Å². The van der Waals surface area contributed by atoms with E-state index in [-0.39, 0.29) is 21.8 Å². The lowest BCUT2D eigenvalue weighted by atomic mass is 9.88. The van der Waals surface area contributed by atoms with Crippen molar-refractivity contribution in [3.8, 4) is 0 Å². The summed E-state index contributed by atoms with van der Waals surface area (Å²) in [6, 6.07) is 0.209. The van der Waals surface area contributed by atoms with Crippen LogP contribution in [0.25, 0.3) is 0 Å². The lowest BCUT2D eigenvalue weighted by Gasteiger charge is -2.44. The van der Waals surface area contributed by atoms with E-state index in [0.29, 0.717) is 6.61 Å². The maximum Gasteiger partial charge on any atom is 0.216 e. The summed E-state index contributed by atoms with van der Waals surface area (Å²) in [5.41, 5.74) is -0.358. The normalized spacial score (nSPS) is 21.1. The van der Waals surface area contributed by atoms with E-state index in [0.717, 1.165) is 5.90 Å². The Morgan fingerprint density at radius 3 is 1.68 bits per heavy atom. The molecule has 3 nitrogen and oxygen atoms in total. The van der Waals surface area contributed by atoms with Crippen molar-refractivity contribution < 1.29 is 9.26 Å². The lowest BCUT2D eigenvalue weighted by molar-refractivity contribution is 0.149. The predicted octanol–water partition coefficient (Wildman–Crippen LogP) is 5.62. The standard InChI is InChI=1S/C18H36NO2P/c1-15(2,3)13-12-20-14(19-13)18(10,11)21-22(16(4,5)6)17(7,8)9/h13H,12H2,1-11H3/t13-/m1/s1. The van der Waals surface area contributed by atoms with Crippen molar-refractivity contribution >= 4 is 14.0 Å². The molecule has 1 atom stereocenters. The fourth-order valence-electron chi connectivity index (χ4n) is 2.69. The summed E-state index contributed by atoms with van der Waals surface area (Å²) < 4.78 is 12.5. The molecule has 0 saturated heterocycles. The smallest absolute Gasteiger partial charge is 0.216 e. The average molecular weight is 329 g/mol. The minimum Gasteiger partial charge on any atom is -0.477 e. The van der Waals surface area contributed by atoms with Crippen LogP contribution >= 0.6 is 8.15 Å². The number of rotatable bonds is 3. The third-order valence-corrected chi connectivity index (χ3v) is 6.78. The lowest BCUT2D eigenvalue weighted by Crippen LogP contribution is -2.38. The highest BCUT2D eigenvalue weighted by atomic mass is 31.1. The SMILES string of the molecule is CC(C)(OP(C(C)(C)C)C(C)(C)C)C1=N[C@@H](C(C)(C)C)CO1. The minimum absolute atomic E-state index is 0.118. The van der Waals surface area contributed by atoms with Crippen molar-refractivity contribution in [2.75, 3.05) is 6.61 Å². The quantitative estimate of drug-likeness (QED) is 0.629. The summed E-state index contributed by atoms with van der Waals surface area (Å²) >= 11 is 0. The zero-order valence-corrected chi connectivity index (χ0v) is 17.4. The van der Waals surface area contributed by atoms with Gasteiger partial charge in [-0.15, -0.1) is 0 Å². The van der Waals surface area contributed by atoms with Gasteiger partial charge in [0.1, 0.15) is 12.2 Å². The van der Waals surface area contributed by atoms with E-state index >= 15 is 0 Å². The van der Waals surface area contributed by atoms with E-state index in [1.807, 2.05) is 0 Å². The van der Waals surface area contributed by atoms with Crippen molar-refractivity contribution in [1.29, 1.82) is 0 Å². The van der Waals surface area contributed by atoms with Crippen LogP contribution in [0.2, 0.25) is 0 Å². The summed E-state index contributed by atoms with van der Waals surface area (Å²) in [6.45, 7) is 25.0. The van der Waals surface area contributed by atoms with E-state index in [9.17, 15) is 0 Å². The molecule has 0 radical (unpaired) electrons. The molecule has 4 heteroatoms. The van der Waals surface area contributed by atoms with Gasteiger partial charge in [-0.05, 0) is 19.3 Å². The van der Waals surface area contributed by atoms with Gasteiger partial charge in [-0.2, -0.15) is 0 Å². The fourth-order valence-corrected chi connectivity index (χ4v) is 5.79. The summed E-state index contributed by atoms with van der Waals surface area (Å²) in [5, 5.41) is 0.237. The van der Waals surface area contributed by atoms with Gasteiger partial charge in [0.15, 0.2) is 0 Å². The highest BCUT2D eigenvalue weighted by Crippen LogP contribution is 2.62. The number of ether oxygens (including phenoxy) is 1. The third-order valence-electron chi connectivity index (χ3n) is 3.70. The molecule has 0 fully saturated rings. The Morgan fingerprint density at radius 2 is 1.36 bits per heavy atom. The largest absolute Gasteiger partial charge is 0.477 e. The molecule has 22 heavy (non-hydrogen) atoms. The van der Waals surface area contributed by atoms with Crippen LogP contribution in [0.15, 0.2) is 4.99 Å². The van der Waals surface area contributed by atoms with Crippen LogP contribution in [-0.2, 0) is 9.26 Å². The highest BCUT2D eigenvalue weighted by Gasteiger charge is 2.44. The van der Waals surface area contributed by atoms with Crippen LogP contribution in [0.5, 0.6) is 0 Å². The number of hydrogen-bond donors (Lipinski definition) is 0. The molecule has 0 unspecified atom stereocenters. The molecule has 0 bridgehead atoms. The Hall–Kier alpha value is -0.140. The van der Waals surface area contributed by atoms with Crippen molar-refractivity contribution in [2.45, 2.75) is 98.1 Å². The molecule has 0 saturated carbocycles. The summed E-state index contributed by atoms with van der Waals surface area (Å²) in [7, 11) is -0.650. The minimum atomic E-state index is -0.650. The first kappa shape index (κ1) is 19.9. The van der Waals surface area contributed by atoms with Gasteiger partial charge >= 0.3 is 0 Å². The van der Waals surface area contributed by atoms with E-state index in [4.69, 9.17) is 14.3 Å². The second-order valence-electron chi connectivity index (χ2n) is 9.86. The van der Waals surface area contributed by atoms with Crippen LogP contribution in [0.1, 0.15) is 76.2 Å². The molecule has 0 N–H and O–H groups in total. The summed E-state index contributed by atoms with van der Waals surface area (Å²) in [6.07, 6.45) is 0. The second-order valence-corrected chi connectivity index (χ2v) is 13.3. The molecule has 0 amide bonds. The molecule has 0 aromatic rings. The molecule has 1 rings (SSSR count). The first-order chi connectivity index (χ1) is 9.55. The molecule has 0 aromatic carbocycles. The molecule has 0 aromatic heterocycles. The summed E-state index contributed by atoms with van der Waals surface area (Å²) in [4.78, 5) is 4.83. The van der Waals surface area contributed by atoms with Crippen molar-refractivity contribution in [3.05, 3.63) is 0 Å². The van der Waals surface area contributed by atoms with E-state index in [1.165, 1.54) is 0 Å². The highest BCUT2D eigenvalue weighted by molar-refractivity contribution is 7.56. The molecular weight excluding hydrogens is 293 g/mol. The first-order valence-electron chi connectivity index (χ1n) is 8.26. The Kier molecular flexibility index (Phi) is 5.48. The molecule has 0 aliphatic carbocycles. The van der Waals surface area contributed by atoms with Gasteiger partial charge in [-0.3, -0.25) is 0 Å². The Morgan fingerprint density at radius 1 is 0.909 bits per heavy atom. The van der Waals surface area contributed by atoms with Crippen LogP contribution in [0.3, 0.4) is 0 Å². The number of hydrogen-bond acceptors (Lipinski definition) is 3. The number of nitrogens with zero attached hydrogens (tertiary/aromatic N) is 1.